The van der Waals surface area contributed by atoms with Crippen LogP contribution in [0.4, 0.5) is 5.69 Å². The lowest BCUT2D eigenvalue weighted by atomic mass is 9.97. The van der Waals surface area contributed by atoms with Crippen LogP contribution in [0.1, 0.15) is 30.9 Å². The molecule has 0 spiro atoms. The van der Waals surface area contributed by atoms with Crippen LogP contribution in [0.15, 0.2) is 47.4 Å². The van der Waals surface area contributed by atoms with E-state index in [0.717, 1.165) is 0 Å². The van der Waals surface area contributed by atoms with Gasteiger partial charge in [-0.05, 0) is 48.2 Å². The summed E-state index contributed by atoms with van der Waals surface area (Å²) in [6.07, 6.45) is 0. The Bertz CT molecular complexity index is 871. The Morgan fingerprint density at radius 1 is 0.962 bits per heavy atom. The Morgan fingerprint density at radius 2 is 1.58 bits per heavy atom. The van der Waals surface area contributed by atoms with E-state index in [4.69, 9.17) is 11.6 Å². The van der Waals surface area contributed by atoms with E-state index in [2.05, 4.69) is 43.9 Å². The quantitative estimate of drug-likeness (QED) is 0.779. The average Bonchev–Trinajstić information content (AvgIpc) is 2.62. The van der Waals surface area contributed by atoms with Crippen molar-refractivity contribution in [1.82, 2.24) is 4.31 Å². The van der Waals surface area contributed by atoms with Crippen LogP contribution in [0.3, 0.4) is 0 Å². The van der Waals surface area contributed by atoms with E-state index >= 15 is 0 Å². The van der Waals surface area contributed by atoms with Gasteiger partial charge in [-0.25, -0.2) is 8.42 Å². The number of rotatable bonds is 4. The zero-order chi connectivity index (χ0) is 18.9. The summed E-state index contributed by atoms with van der Waals surface area (Å²) in [6.45, 7) is 8.86. The Labute approximate surface area is 161 Å². The number of sulfonamides is 1. The van der Waals surface area contributed by atoms with E-state index in [-0.39, 0.29) is 0 Å². The van der Waals surface area contributed by atoms with E-state index < -0.39 is 10.0 Å². The molecule has 0 unspecified atom stereocenters. The smallest absolute Gasteiger partial charge is 0.243 e. The zero-order valence-corrected chi connectivity index (χ0v) is 17.0. The van der Waals surface area contributed by atoms with Crippen molar-refractivity contribution in [2.24, 2.45) is 0 Å². The molecule has 2 aromatic carbocycles. The van der Waals surface area contributed by atoms with Gasteiger partial charge in [0.15, 0.2) is 0 Å². The largest absolute Gasteiger partial charge is 0.368 e. The monoisotopic (exact) mass is 392 g/mol. The first-order valence-corrected chi connectivity index (χ1v) is 10.7. The molecule has 3 rings (SSSR count). The molecule has 140 valence electrons. The highest BCUT2D eigenvalue weighted by molar-refractivity contribution is 7.89. The van der Waals surface area contributed by atoms with Gasteiger partial charge in [-0.1, -0.05) is 43.6 Å². The predicted molar refractivity (Wildman–Crippen MR) is 108 cm³/mol. The Kier molecular flexibility index (Phi) is 5.61. The molecule has 0 aromatic heterocycles. The predicted octanol–water partition coefficient (Wildman–Crippen LogP) is 4.28. The standard InChI is InChI=1S/C20H25ClN2O2S/c1-15(2)19-6-4-5-16(3)20(19)22-11-13-23(14-12-22)26(24,25)18-9-7-17(21)8-10-18/h4-10,15H,11-14H2,1-3H3. The molecule has 1 saturated heterocycles. The molecule has 2 aromatic rings. The molecule has 1 aliphatic heterocycles. The van der Waals surface area contributed by atoms with Gasteiger partial charge in [0, 0.05) is 36.9 Å². The maximum Gasteiger partial charge on any atom is 0.243 e. The number of benzene rings is 2. The second-order valence-electron chi connectivity index (χ2n) is 7.01. The number of anilines is 1. The van der Waals surface area contributed by atoms with Crippen LogP contribution in [-0.4, -0.2) is 38.9 Å². The van der Waals surface area contributed by atoms with Crippen molar-refractivity contribution in [3.63, 3.8) is 0 Å². The van der Waals surface area contributed by atoms with Crippen LogP contribution < -0.4 is 4.90 Å². The minimum atomic E-state index is -3.47. The summed E-state index contributed by atoms with van der Waals surface area (Å²) in [4.78, 5) is 2.62. The summed E-state index contributed by atoms with van der Waals surface area (Å²) < 4.78 is 27.3. The average molecular weight is 393 g/mol. The Morgan fingerprint density at radius 3 is 2.15 bits per heavy atom. The lowest BCUT2D eigenvalue weighted by molar-refractivity contribution is 0.384. The molecular formula is C20H25ClN2O2S. The zero-order valence-electron chi connectivity index (χ0n) is 15.4. The van der Waals surface area contributed by atoms with Crippen LogP contribution in [-0.2, 0) is 10.0 Å². The summed E-state index contributed by atoms with van der Waals surface area (Å²) in [7, 11) is -3.47. The van der Waals surface area contributed by atoms with Crippen molar-refractivity contribution >= 4 is 27.3 Å². The first-order chi connectivity index (χ1) is 12.3. The lowest BCUT2D eigenvalue weighted by Crippen LogP contribution is -2.49. The lowest BCUT2D eigenvalue weighted by Gasteiger charge is -2.37. The molecule has 1 fully saturated rings. The summed E-state index contributed by atoms with van der Waals surface area (Å²) >= 11 is 5.87. The van der Waals surface area contributed by atoms with Gasteiger partial charge < -0.3 is 4.90 Å². The third-order valence-electron chi connectivity index (χ3n) is 4.90. The topological polar surface area (TPSA) is 40.6 Å². The number of piperazine rings is 1. The minimum absolute atomic E-state index is 0.300. The van der Waals surface area contributed by atoms with Crippen molar-refractivity contribution in [2.45, 2.75) is 31.6 Å². The van der Waals surface area contributed by atoms with Crippen LogP contribution >= 0.6 is 11.6 Å². The molecule has 0 atom stereocenters. The van der Waals surface area contributed by atoms with Crippen LogP contribution in [0.2, 0.25) is 5.02 Å². The van der Waals surface area contributed by atoms with Crippen molar-refractivity contribution in [3.8, 4) is 0 Å². The fourth-order valence-electron chi connectivity index (χ4n) is 3.49. The number of aryl methyl sites for hydroxylation is 1. The maximum absolute atomic E-state index is 12.8. The van der Waals surface area contributed by atoms with E-state index in [1.165, 1.54) is 16.8 Å². The molecule has 1 heterocycles. The Hall–Kier alpha value is -1.56. The van der Waals surface area contributed by atoms with Crippen molar-refractivity contribution in [3.05, 3.63) is 58.6 Å². The summed E-state index contributed by atoms with van der Waals surface area (Å²) in [5.41, 5.74) is 3.82. The van der Waals surface area contributed by atoms with E-state index in [9.17, 15) is 8.42 Å². The molecule has 0 radical (unpaired) electrons. The molecule has 26 heavy (non-hydrogen) atoms. The molecule has 0 bridgehead atoms. The van der Waals surface area contributed by atoms with Crippen LogP contribution in [0.5, 0.6) is 0 Å². The van der Waals surface area contributed by atoms with Gasteiger partial charge in [0.1, 0.15) is 0 Å². The van der Waals surface area contributed by atoms with Gasteiger partial charge in [0.05, 0.1) is 4.90 Å². The third kappa shape index (κ3) is 3.75. The summed E-state index contributed by atoms with van der Waals surface area (Å²) in [5, 5.41) is 0.537. The number of nitrogens with zero attached hydrogens (tertiary/aromatic N) is 2. The SMILES string of the molecule is Cc1cccc(C(C)C)c1N1CCN(S(=O)(=O)c2ccc(Cl)cc2)CC1. The molecule has 0 amide bonds. The molecular weight excluding hydrogens is 368 g/mol. The third-order valence-corrected chi connectivity index (χ3v) is 7.06. The number of hydrogen-bond acceptors (Lipinski definition) is 3. The number of halogens is 1. The summed E-state index contributed by atoms with van der Waals surface area (Å²) in [5.74, 6) is 0.431. The summed E-state index contributed by atoms with van der Waals surface area (Å²) in [6, 6.07) is 12.8. The van der Waals surface area contributed by atoms with Gasteiger partial charge in [0.25, 0.3) is 0 Å². The second-order valence-corrected chi connectivity index (χ2v) is 9.39. The van der Waals surface area contributed by atoms with Gasteiger partial charge in [-0.15, -0.1) is 0 Å². The van der Waals surface area contributed by atoms with Gasteiger partial charge in [-0.3, -0.25) is 0 Å². The van der Waals surface area contributed by atoms with Gasteiger partial charge >= 0.3 is 0 Å². The second kappa shape index (κ2) is 7.59. The highest BCUT2D eigenvalue weighted by atomic mass is 35.5. The maximum atomic E-state index is 12.8. The first-order valence-electron chi connectivity index (χ1n) is 8.91. The van der Waals surface area contributed by atoms with Crippen molar-refractivity contribution in [2.75, 3.05) is 31.1 Å². The van der Waals surface area contributed by atoms with E-state index in [1.807, 2.05) is 0 Å². The van der Waals surface area contributed by atoms with E-state index in [1.54, 1.807) is 28.6 Å². The molecule has 1 aliphatic rings. The molecule has 0 saturated carbocycles. The first kappa shape index (κ1) is 19.2. The molecule has 4 nitrogen and oxygen atoms in total. The molecule has 6 heteroatoms. The molecule has 0 N–H and O–H groups in total. The van der Waals surface area contributed by atoms with Gasteiger partial charge in [-0.2, -0.15) is 4.31 Å². The molecule has 0 aliphatic carbocycles. The normalized spacial score (nSPS) is 16.3. The highest BCUT2D eigenvalue weighted by Gasteiger charge is 2.29. The number of hydrogen-bond donors (Lipinski definition) is 0. The van der Waals surface area contributed by atoms with Gasteiger partial charge in [0.2, 0.25) is 10.0 Å². The Balaban J connectivity index is 1.79. The van der Waals surface area contributed by atoms with Crippen LogP contribution in [0.25, 0.3) is 0 Å². The minimum Gasteiger partial charge on any atom is -0.368 e. The fraction of sp³-hybridized carbons (Fsp3) is 0.400. The number of para-hydroxylation sites is 1. The van der Waals surface area contributed by atoms with Crippen molar-refractivity contribution < 1.29 is 8.42 Å². The fourth-order valence-corrected chi connectivity index (χ4v) is 5.04. The van der Waals surface area contributed by atoms with Crippen LogP contribution in [0, 0.1) is 6.92 Å². The van der Waals surface area contributed by atoms with Crippen molar-refractivity contribution in [1.29, 1.82) is 0 Å². The van der Waals surface area contributed by atoms with E-state index in [0.29, 0.717) is 42.0 Å². The highest BCUT2D eigenvalue weighted by Crippen LogP contribution is 2.32.